The lowest BCUT2D eigenvalue weighted by atomic mass is 10.1. The predicted octanol–water partition coefficient (Wildman–Crippen LogP) is 5.52. The van der Waals surface area contributed by atoms with E-state index in [9.17, 15) is 26.4 Å². The largest absolute Gasteiger partial charge is 0.322 e. The fraction of sp³-hybridized carbons (Fsp3) is 0.318. The van der Waals surface area contributed by atoms with E-state index < -0.39 is 33.4 Å². The second kappa shape index (κ2) is 9.64. The molecule has 1 amide bonds. The number of hydrogen-bond acceptors (Lipinski definition) is 3. The van der Waals surface area contributed by atoms with Gasteiger partial charge in [0.2, 0.25) is 10.0 Å². The molecule has 1 saturated heterocycles. The summed E-state index contributed by atoms with van der Waals surface area (Å²) >= 11 is 6.20. The van der Waals surface area contributed by atoms with E-state index in [1.54, 1.807) is 6.08 Å². The Morgan fingerprint density at radius 3 is 2.41 bits per heavy atom. The minimum atomic E-state index is -4.05. The smallest absolute Gasteiger partial charge is 0.255 e. The van der Waals surface area contributed by atoms with Crippen LogP contribution in [-0.4, -0.2) is 30.7 Å². The quantitative estimate of drug-likeness (QED) is 0.414. The van der Waals surface area contributed by atoms with E-state index in [2.05, 4.69) is 11.9 Å². The van der Waals surface area contributed by atoms with Gasteiger partial charge in [-0.1, -0.05) is 24.6 Å². The number of nitrogens with one attached hydrogen (secondary N) is 1. The van der Waals surface area contributed by atoms with Crippen molar-refractivity contribution in [2.75, 3.05) is 5.32 Å². The van der Waals surface area contributed by atoms with E-state index in [1.807, 2.05) is 6.92 Å². The topological polar surface area (TPSA) is 66.5 Å². The van der Waals surface area contributed by atoms with Crippen LogP contribution in [0.1, 0.15) is 43.0 Å². The van der Waals surface area contributed by atoms with Crippen molar-refractivity contribution in [1.82, 2.24) is 4.31 Å². The van der Waals surface area contributed by atoms with Crippen LogP contribution in [0.15, 0.2) is 47.9 Å². The van der Waals surface area contributed by atoms with Crippen molar-refractivity contribution < 1.29 is 26.4 Å². The monoisotopic (exact) mass is 486 g/mol. The van der Waals surface area contributed by atoms with E-state index in [0.717, 1.165) is 6.07 Å². The summed E-state index contributed by atoms with van der Waals surface area (Å²) in [5, 5.41) is 2.18. The minimum Gasteiger partial charge on any atom is -0.322 e. The van der Waals surface area contributed by atoms with Gasteiger partial charge in [-0.05, 0) is 43.9 Å². The number of anilines is 1. The first-order valence-electron chi connectivity index (χ1n) is 10.00. The van der Waals surface area contributed by atoms with Crippen LogP contribution in [0.25, 0.3) is 0 Å². The second-order valence-electron chi connectivity index (χ2n) is 7.51. The number of nitrogens with zero attached hydrogens (tertiary/aromatic N) is 1. The van der Waals surface area contributed by atoms with Gasteiger partial charge in [-0.15, -0.1) is 6.58 Å². The maximum absolute atomic E-state index is 13.5. The summed E-state index contributed by atoms with van der Waals surface area (Å²) in [4.78, 5) is 12.4. The Balaban J connectivity index is 1.95. The molecule has 0 spiro atoms. The lowest BCUT2D eigenvalue weighted by molar-refractivity contribution is 0.102. The summed E-state index contributed by atoms with van der Waals surface area (Å²) in [7, 11) is -4.05. The molecule has 2 unspecified atom stereocenters. The van der Waals surface area contributed by atoms with Crippen molar-refractivity contribution >= 4 is 33.2 Å². The minimum absolute atomic E-state index is 0.0560. The van der Waals surface area contributed by atoms with Gasteiger partial charge in [-0.3, -0.25) is 4.79 Å². The van der Waals surface area contributed by atoms with Gasteiger partial charge >= 0.3 is 0 Å². The van der Waals surface area contributed by atoms with Crippen LogP contribution in [0, 0.1) is 17.5 Å². The number of benzene rings is 2. The highest BCUT2D eigenvalue weighted by atomic mass is 35.5. The Labute approximate surface area is 189 Å². The molecule has 32 heavy (non-hydrogen) atoms. The lowest BCUT2D eigenvalue weighted by Crippen LogP contribution is -2.41. The zero-order valence-electron chi connectivity index (χ0n) is 17.2. The van der Waals surface area contributed by atoms with Crippen molar-refractivity contribution in [2.45, 2.75) is 49.6 Å². The highest BCUT2D eigenvalue weighted by Crippen LogP contribution is 2.36. The third-order valence-electron chi connectivity index (χ3n) is 5.45. The third kappa shape index (κ3) is 4.69. The molecule has 1 aliphatic rings. The van der Waals surface area contributed by atoms with E-state index in [1.165, 1.54) is 16.4 Å². The second-order valence-corrected chi connectivity index (χ2v) is 9.72. The molecule has 1 fully saturated rings. The number of sulfonamides is 1. The number of amides is 1. The molecule has 1 N–H and O–H groups in total. The molecule has 1 aliphatic heterocycles. The molecular weight excluding hydrogens is 465 g/mol. The van der Waals surface area contributed by atoms with Crippen LogP contribution < -0.4 is 5.32 Å². The fourth-order valence-corrected chi connectivity index (χ4v) is 6.37. The van der Waals surface area contributed by atoms with Crippen LogP contribution in [0.3, 0.4) is 0 Å². The van der Waals surface area contributed by atoms with E-state index in [-0.39, 0.29) is 33.3 Å². The average Bonchev–Trinajstić information content (AvgIpc) is 3.16. The summed E-state index contributed by atoms with van der Waals surface area (Å²) in [6.45, 7) is 5.60. The Bertz CT molecular complexity index is 1130. The van der Waals surface area contributed by atoms with Gasteiger partial charge in [0.1, 0.15) is 4.90 Å². The summed E-state index contributed by atoms with van der Waals surface area (Å²) in [6.07, 6.45) is 4.15. The molecular formula is C22H22ClF3N2O3S. The first-order chi connectivity index (χ1) is 15.1. The Kier molecular flexibility index (Phi) is 7.32. The Morgan fingerprint density at radius 2 is 1.81 bits per heavy atom. The number of hydrogen-bond donors (Lipinski definition) is 1. The summed E-state index contributed by atoms with van der Waals surface area (Å²) in [5.74, 6) is -5.42. The highest BCUT2D eigenvalue weighted by molar-refractivity contribution is 7.89. The summed E-state index contributed by atoms with van der Waals surface area (Å²) in [6, 6.07) is 4.47. The molecule has 0 saturated carbocycles. The lowest BCUT2D eigenvalue weighted by Gasteiger charge is -2.29. The predicted molar refractivity (Wildman–Crippen MR) is 117 cm³/mol. The molecule has 172 valence electrons. The average molecular weight is 487 g/mol. The van der Waals surface area contributed by atoms with E-state index in [4.69, 9.17) is 11.6 Å². The fourth-order valence-electron chi connectivity index (χ4n) is 3.91. The first-order valence-corrected chi connectivity index (χ1v) is 11.8. The van der Waals surface area contributed by atoms with Crippen LogP contribution in [0.2, 0.25) is 5.02 Å². The van der Waals surface area contributed by atoms with Crippen LogP contribution in [0.4, 0.5) is 18.9 Å². The van der Waals surface area contributed by atoms with Crippen molar-refractivity contribution in [2.24, 2.45) is 0 Å². The standard InChI is InChI=1S/C22H22ClF3N2O3S/c1-3-5-16-8-7-15(4-2)28(16)32(30,31)20-10-13(6-9-17(20)23)22(29)27-14-11-18(24)21(26)19(25)12-14/h3,6,9-12,15-16H,1,4-5,7-8H2,2H3,(H,27,29). The zero-order chi connectivity index (χ0) is 23.6. The molecule has 2 aromatic rings. The SMILES string of the molecule is C=CCC1CCC(CC)N1S(=O)(=O)c1cc(C(=O)Nc2cc(F)c(F)c(F)c2)ccc1Cl. The van der Waals surface area contributed by atoms with Gasteiger partial charge in [0.25, 0.3) is 5.91 Å². The van der Waals surface area contributed by atoms with E-state index in [0.29, 0.717) is 37.8 Å². The molecule has 0 radical (unpaired) electrons. The molecule has 2 atom stereocenters. The van der Waals surface area contributed by atoms with Gasteiger partial charge in [0.15, 0.2) is 17.5 Å². The van der Waals surface area contributed by atoms with Crippen molar-refractivity contribution in [3.63, 3.8) is 0 Å². The van der Waals surface area contributed by atoms with Gasteiger partial charge in [-0.25, -0.2) is 21.6 Å². The van der Waals surface area contributed by atoms with Gasteiger partial charge < -0.3 is 5.32 Å². The Hall–Kier alpha value is -2.36. The van der Waals surface area contributed by atoms with Gasteiger partial charge in [-0.2, -0.15) is 4.31 Å². The van der Waals surface area contributed by atoms with Gasteiger partial charge in [0, 0.05) is 35.5 Å². The number of halogens is 4. The van der Waals surface area contributed by atoms with Crippen LogP contribution in [0.5, 0.6) is 0 Å². The molecule has 0 aromatic heterocycles. The first kappa shape index (κ1) is 24.3. The Morgan fingerprint density at radius 1 is 1.19 bits per heavy atom. The molecule has 10 heteroatoms. The van der Waals surface area contributed by atoms with Crippen molar-refractivity contribution in [3.05, 3.63) is 71.0 Å². The van der Waals surface area contributed by atoms with Gasteiger partial charge in [0.05, 0.1) is 5.02 Å². The van der Waals surface area contributed by atoms with E-state index >= 15 is 0 Å². The molecule has 2 aromatic carbocycles. The molecule has 3 rings (SSSR count). The van der Waals surface area contributed by atoms with Crippen LogP contribution in [-0.2, 0) is 10.0 Å². The number of carbonyl (C=O) groups excluding carboxylic acids is 1. The van der Waals surface area contributed by atoms with Crippen molar-refractivity contribution in [3.8, 4) is 0 Å². The highest BCUT2D eigenvalue weighted by Gasteiger charge is 2.41. The molecule has 5 nitrogen and oxygen atoms in total. The maximum Gasteiger partial charge on any atom is 0.255 e. The van der Waals surface area contributed by atoms with Crippen LogP contribution >= 0.6 is 11.6 Å². The molecule has 0 aliphatic carbocycles. The normalized spacial score (nSPS) is 19.2. The number of rotatable bonds is 7. The van der Waals surface area contributed by atoms with Crippen molar-refractivity contribution in [1.29, 1.82) is 0 Å². The summed E-state index contributed by atoms with van der Waals surface area (Å²) in [5.41, 5.74) is -0.409. The maximum atomic E-state index is 13.5. The third-order valence-corrected chi connectivity index (χ3v) is 7.94. The zero-order valence-corrected chi connectivity index (χ0v) is 18.8. The number of carbonyl (C=O) groups is 1. The molecule has 1 heterocycles. The summed E-state index contributed by atoms with van der Waals surface area (Å²) < 4.78 is 68.4. The molecule has 0 bridgehead atoms.